The fourth-order valence-electron chi connectivity index (χ4n) is 1.90. The number of hydrogen-bond acceptors (Lipinski definition) is 5. The van der Waals surface area contributed by atoms with Crippen molar-refractivity contribution in [2.75, 3.05) is 7.05 Å². The van der Waals surface area contributed by atoms with E-state index in [0.29, 0.717) is 13.1 Å². The predicted molar refractivity (Wildman–Crippen MR) is 102 cm³/mol. The largest absolute Gasteiger partial charge is 0.351 e. The van der Waals surface area contributed by atoms with Gasteiger partial charge in [-0.15, -0.1) is 46.7 Å². The van der Waals surface area contributed by atoms with Gasteiger partial charge < -0.3 is 10.6 Å². The van der Waals surface area contributed by atoms with Gasteiger partial charge in [-0.25, -0.2) is 9.97 Å². The minimum atomic E-state index is 0. The lowest BCUT2D eigenvalue weighted by atomic mass is 10.5. The van der Waals surface area contributed by atoms with Crippen molar-refractivity contribution < 1.29 is 0 Å². The number of aliphatic imine (C=N–C) groups is 1. The summed E-state index contributed by atoms with van der Waals surface area (Å²) in [7, 11) is 1.76. The Kier molecular flexibility index (Phi) is 6.15. The first-order chi connectivity index (χ1) is 10.2. The van der Waals surface area contributed by atoms with E-state index >= 15 is 0 Å². The second-order valence-corrected chi connectivity index (χ2v) is 6.66. The van der Waals surface area contributed by atoms with Crippen LogP contribution < -0.4 is 10.6 Å². The number of fused-ring (bicyclic) bond motifs is 1. The topological polar surface area (TPSA) is 66.6 Å². The second-order valence-electron chi connectivity index (χ2n) is 4.47. The Bertz CT molecular complexity index is 731. The van der Waals surface area contributed by atoms with E-state index in [4.69, 9.17) is 0 Å². The molecule has 6 nitrogen and oxygen atoms in total. The summed E-state index contributed by atoms with van der Waals surface area (Å²) in [5.41, 5.74) is 0.995. The van der Waals surface area contributed by atoms with Crippen molar-refractivity contribution in [2.45, 2.75) is 20.0 Å². The molecule has 0 aromatic carbocycles. The third kappa shape index (κ3) is 4.17. The van der Waals surface area contributed by atoms with Crippen molar-refractivity contribution in [1.82, 2.24) is 25.0 Å². The molecule has 0 spiro atoms. The fourth-order valence-corrected chi connectivity index (χ4v) is 3.34. The molecule has 0 saturated heterocycles. The van der Waals surface area contributed by atoms with Crippen LogP contribution in [0.4, 0.5) is 0 Å². The van der Waals surface area contributed by atoms with Crippen LogP contribution >= 0.6 is 46.7 Å². The molecule has 3 aromatic rings. The molecule has 0 aliphatic heterocycles. The Morgan fingerprint density at radius 2 is 2.18 bits per heavy atom. The van der Waals surface area contributed by atoms with Crippen LogP contribution in [0.1, 0.15) is 15.6 Å². The summed E-state index contributed by atoms with van der Waals surface area (Å²) in [4.78, 5) is 15.3. The number of aryl methyl sites for hydroxylation is 1. The molecular weight excluding hydrogens is 431 g/mol. The zero-order chi connectivity index (χ0) is 14.7. The van der Waals surface area contributed by atoms with Crippen LogP contribution in [0, 0.1) is 6.92 Å². The fraction of sp³-hybridized carbons (Fsp3) is 0.308. The number of imidazole rings is 1. The maximum atomic E-state index is 4.53. The van der Waals surface area contributed by atoms with E-state index < -0.39 is 0 Å². The first-order valence-corrected chi connectivity index (χ1v) is 8.21. The lowest BCUT2D eigenvalue weighted by Crippen LogP contribution is -2.36. The van der Waals surface area contributed by atoms with Crippen molar-refractivity contribution in [3.05, 3.63) is 39.5 Å². The van der Waals surface area contributed by atoms with Crippen LogP contribution in [0.5, 0.6) is 0 Å². The average Bonchev–Trinajstić information content (AvgIpc) is 3.15. The molecular formula is C13H17IN6S2. The molecule has 0 aliphatic rings. The van der Waals surface area contributed by atoms with Gasteiger partial charge in [0.25, 0.3) is 0 Å². The summed E-state index contributed by atoms with van der Waals surface area (Å²) in [6.45, 7) is 3.38. The van der Waals surface area contributed by atoms with Crippen LogP contribution in [-0.4, -0.2) is 27.4 Å². The van der Waals surface area contributed by atoms with Gasteiger partial charge in [0.1, 0.15) is 5.01 Å². The molecule has 3 aromatic heterocycles. The van der Waals surface area contributed by atoms with Gasteiger partial charge in [-0.3, -0.25) is 9.39 Å². The highest BCUT2D eigenvalue weighted by molar-refractivity contribution is 14.0. The quantitative estimate of drug-likeness (QED) is 0.366. The van der Waals surface area contributed by atoms with Crippen LogP contribution in [0.2, 0.25) is 0 Å². The number of nitrogens with zero attached hydrogens (tertiary/aromatic N) is 4. The lowest BCUT2D eigenvalue weighted by Gasteiger charge is -2.09. The van der Waals surface area contributed by atoms with Crippen molar-refractivity contribution in [1.29, 1.82) is 0 Å². The maximum Gasteiger partial charge on any atom is 0.193 e. The number of hydrogen-bond donors (Lipinski definition) is 2. The Morgan fingerprint density at radius 3 is 2.86 bits per heavy atom. The van der Waals surface area contributed by atoms with Crippen LogP contribution in [-0.2, 0) is 13.1 Å². The summed E-state index contributed by atoms with van der Waals surface area (Å²) < 4.78 is 2.02. The van der Waals surface area contributed by atoms with E-state index in [1.807, 2.05) is 28.4 Å². The smallest absolute Gasteiger partial charge is 0.193 e. The number of thiazole rings is 2. The number of rotatable bonds is 4. The molecule has 3 heterocycles. The molecule has 22 heavy (non-hydrogen) atoms. The molecule has 118 valence electrons. The molecule has 3 rings (SSSR count). The Balaban J connectivity index is 0.00000176. The first-order valence-electron chi connectivity index (χ1n) is 6.51. The Labute approximate surface area is 153 Å². The highest BCUT2D eigenvalue weighted by atomic mass is 127. The monoisotopic (exact) mass is 448 g/mol. The van der Waals surface area contributed by atoms with Gasteiger partial charge in [-0.05, 0) is 6.92 Å². The van der Waals surface area contributed by atoms with Gasteiger partial charge in [0, 0.05) is 35.9 Å². The van der Waals surface area contributed by atoms with Gasteiger partial charge in [0.2, 0.25) is 0 Å². The minimum absolute atomic E-state index is 0. The van der Waals surface area contributed by atoms with E-state index in [9.17, 15) is 0 Å². The van der Waals surface area contributed by atoms with Gasteiger partial charge in [0.15, 0.2) is 10.9 Å². The third-order valence-electron chi connectivity index (χ3n) is 2.88. The van der Waals surface area contributed by atoms with E-state index in [1.54, 1.807) is 29.7 Å². The Hall–Kier alpha value is -1.20. The highest BCUT2D eigenvalue weighted by Crippen LogP contribution is 2.11. The van der Waals surface area contributed by atoms with Crippen LogP contribution in [0.25, 0.3) is 4.96 Å². The van der Waals surface area contributed by atoms with Crippen LogP contribution in [0.3, 0.4) is 0 Å². The number of aromatic nitrogens is 3. The molecule has 9 heteroatoms. The van der Waals surface area contributed by atoms with Gasteiger partial charge in [0.05, 0.1) is 18.8 Å². The molecule has 0 atom stereocenters. The van der Waals surface area contributed by atoms with E-state index in [-0.39, 0.29) is 24.0 Å². The molecule has 0 fully saturated rings. The molecule has 0 unspecified atom stereocenters. The van der Waals surface area contributed by atoms with Crippen molar-refractivity contribution in [3.63, 3.8) is 0 Å². The third-order valence-corrected chi connectivity index (χ3v) is 4.56. The molecule has 0 bridgehead atoms. The average molecular weight is 448 g/mol. The summed E-state index contributed by atoms with van der Waals surface area (Å²) in [5, 5.41) is 9.59. The summed E-state index contributed by atoms with van der Waals surface area (Å²) in [6.07, 6.45) is 5.92. The van der Waals surface area contributed by atoms with Gasteiger partial charge in [-0.1, -0.05) is 0 Å². The number of halogens is 1. The molecule has 0 amide bonds. The van der Waals surface area contributed by atoms with Crippen molar-refractivity contribution >= 4 is 57.6 Å². The highest BCUT2D eigenvalue weighted by Gasteiger charge is 2.05. The minimum Gasteiger partial charge on any atom is -0.351 e. The molecule has 0 radical (unpaired) electrons. The first kappa shape index (κ1) is 17.2. The van der Waals surface area contributed by atoms with Crippen molar-refractivity contribution in [3.8, 4) is 0 Å². The number of nitrogens with one attached hydrogen (secondary N) is 2. The van der Waals surface area contributed by atoms with E-state index in [0.717, 1.165) is 21.6 Å². The summed E-state index contributed by atoms with van der Waals surface area (Å²) in [6, 6.07) is 0. The standard InChI is InChI=1S/C13H16N6S2.HI/c1-9-5-15-11(21-9)7-17-12(14-2)16-6-10-8-19-3-4-20-13(19)18-10;/h3-5,8H,6-7H2,1-2H3,(H2,14,16,17);1H. The van der Waals surface area contributed by atoms with E-state index in [2.05, 4.69) is 32.5 Å². The summed E-state index contributed by atoms with van der Waals surface area (Å²) in [5.74, 6) is 0.749. The van der Waals surface area contributed by atoms with E-state index in [1.165, 1.54) is 4.88 Å². The number of guanidine groups is 1. The SMILES string of the molecule is CN=C(NCc1cn2ccsc2n1)NCc1ncc(C)s1.I. The van der Waals surface area contributed by atoms with Gasteiger partial charge >= 0.3 is 0 Å². The zero-order valence-electron chi connectivity index (χ0n) is 12.2. The second kappa shape index (κ2) is 7.88. The normalized spacial score (nSPS) is 11.5. The zero-order valence-corrected chi connectivity index (χ0v) is 16.2. The Morgan fingerprint density at radius 1 is 1.36 bits per heavy atom. The molecule has 2 N–H and O–H groups in total. The lowest BCUT2D eigenvalue weighted by molar-refractivity contribution is 0.795. The maximum absolute atomic E-state index is 4.53. The summed E-state index contributed by atoms with van der Waals surface area (Å²) >= 11 is 3.32. The van der Waals surface area contributed by atoms with Crippen molar-refractivity contribution in [2.24, 2.45) is 4.99 Å². The molecule has 0 saturated carbocycles. The van der Waals surface area contributed by atoms with Crippen LogP contribution in [0.15, 0.2) is 29.0 Å². The predicted octanol–water partition coefficient (Wildman–Crippen LogP) is 2.64. The molecule has 0 aliphatic carbocycles. The van der Waals surface area contributed by atoms with Gasteiger partial charge in [-0.2, -0.15) is 0 Å².